The summed E-state index contributed by atoms with van der Waals surface area (Å²) in [5, 5.41) is 3.66. The maximum atomic E-state index is 3.66. The van der Waals surface area contributed by atoms with Gasteiger partial charge < -0.3 is 10.2 Å². The third-order valence-electron chi connectivity index (χ3n) is 5.30. The second-order valence-electron chi connectivity index (χ2n) is 7.45. The van der Waals surface area contributed by atoms with Crippen LogP contribution in [0.1, 0.15) is 79.1 Å². The molecule has 1 aliphatic rings. The minimum absolute atomic E-state index is 0.546. The molecule has 0 unspecified atom stereocenters. The van der Waals surface area contributed by atoms with Crippen LogP contribution in [0.2, 0.25) is 0 Å². The van der Waals surface area contributed by atoms with Gasteiger partial charge in [-0.1, -0.05) is 53.4 Å². The molecule has 1 rings (SSSR count). The highest BCUT2D eigenvalue weighted by Crippen LogP contribution is 2.39. The van der Waals surface area contributed by atoms with Gasteiger partial charge in [0.1, 0.15) is 0 Å². The molecule has 0 spiro atoms. The molecule has 0 saturated heterocycles. The van der Waals surface area contributed by atoms with Gasteiger partial charge in [0.2, 0.25) is 0 Å². The lowest BCUT2D eigenvalue weighted by Crippen LogP contribution is -2.46. The standard InChI is InChI=1S/C19H40N2/c1-5-8-14-21(15-9-6-2)17-19(16-20-7-3)12-10-18(4)11-13-19/h18,20H,5-17H2,1-4H3. The van der Waals surface area contributed by atoms with Gasteiger partial charge in [-0.3, -0.25) is 0 Å². The average molecular weight is 297 g/mol. The first-order chi connectivity index (χ1) is 10.2. The van der Waals surface area contributed by atoms with Crippen molar-refractivity contribution in [3.05, 3.63) is 0 Å². The van der Waals surface area contributed by atoms with E-state index in [0.29, 0.717) is 5.41 Å². The molecule has 2 heteroatoms. The zero-order chi connectivity index (χ0) is 15.6. The lowest BCUT2D eigenvalue weighted by molar-refractivity contribution is 0.0850. The van der Waals surface area contributed by atoms with Crippen LogP contribution >= 0.6 is 0 Å². The smallest absolute Gasteiger partial charge is 0.00501 e. The quantitative estimate of drug-likeness (QED) is 0.595. The first-order valence-corrected chi connectivity index (χ1v) is 9.59. The van der Waals surface area contributed by atoms with Crippen molar-refractivity contribution in [1.29, 1.82) is 0 Å². The summed E-state index contributed by atoms with van der Waals surface area (Å²) in [7, 11) is 0. The molecule has 0 bridgehead atoms. The van der Waals surface area contributed by atoms with Crippen molar-refractivity contribution in [2.75, 3.05) is 32.7 Å². The van der Waals surface area contributed by atoms with Crippen molar-refractivity contribution >= 4 is 0 Å². The second kappa shape index (κ2) is 10.6. The lowest BCUT2D eigenvalue weighted by Gasteiger charge is -2.43. The molecule has 0 radical (unpaired) electrons. The Morgan fingerprint density at radius 2 is 1.57 bits per heavy atom. The Bertz CT molecular complexity index is 230. The van der Waals surface area contributed by atoms with Crippen LogP contribution in [-0.2, 0) is 0 Å². The Balaban J connectivity index is 2.61. The van der Waals surface area contributed by atoms with Crippen LogP contribution in [0.3, 0.4) is 0 Å². The molecule has 0 aliphatic heterocycles. The summed E-state index contributed by atoms with van der Waals surface area (Å²) in [5.74, 6) is 0.944. The molecule has 21 heavy (non-hydrogen) atoms. The van der Waals surface area contributed by atoms with E-state index in [-0.39, 0.29) is 0 Å². The third-order valence-corrected chi connectivity index (χ3v) is 5.30. The summed E-state index contributed by atoms with van der Waals surface area (Å²) in [6, 6.07) is 0. The van der Waals surface area contributed by atoms with E-state index in [2.05, 4.69) is 37.9 Å². The van der Waals surface area contributed by atoms with E-state index in [1.165, 1.54) is 77.5 Å². The first kappa shape index (κ1) is 19.0. The minimum Gasteiger partial charge on any atom is -0.316 e. The van der Waals surface area contributed by atoms with Crippen LogP contribution in [0.25, 0.3) is 0 Å². The summed E-state index contributed by atoms with van der Waals surface area (Å²) in [4.78, 5) is 2.78. The van der Waals surface area contributed by atoms with Crippen molar-refractivity contribution in [2.24, 2.45) is 11.3 Å². The first-order valence-electron chi connectivity index (χ1n) is 9.59. The molecule has 1 fully saturated rings. The van der Waals surface area contributed by atoms with E-state index < -0.39 is 0 Å². The fourth-order valence-corrected chi connectivity index (χ4v) is 3.66. The molecular weight excluding hydrogens is 256 g/mol. The number of hydrogen-bond donors (Lipinski definition) is 1. The van der Waals surface area contributed by atoms with Gasteiger partial charge in [0, 0.05) is 13.1 Å². The van der Waals surface area contributed by atoms with Crippen molar-refractivity contribution in [2.45, 2.75) is 79.1 Å². The van der Waals surface area contributed by atoms with E-state index in [4.69, 9.17) is 0 Å². The Morgan fingerprint density at radius 3 is 2.05 bits per heavy atom. The van der Waals surface area contributed by atoms with Crippen LogP contribution < -0.4 is 5.32 Å². The average Bonchev–Trinajstić information content (AvgIpc) is 2.51. The molecular formula is C19H40N2. The summed E-state index contributed by atoms with van der Waals surface area (Å²) in [5.41, 5.74) is 0.546. The summed E-state index contributed by atoms with van der Waals surface area (Å²) >= 11 is 0. The van der Waals surface area contributed by atoms with Gasteiger partial charge in [0.25, 0.3) is 0 Å². The maximum absolute atomic E-state index is 3.66. The highest BCUT2D eigenvalue weighted by Gasteiger charge is 2.35. The molecule has 1 saturated carbocycles. The van der Waals surface area contributed by atoms with Gasteiger partial charge >= 0.3 is 0 Å². The molecule has 2 nitrogen and oxygen atoms in total. The number of rotatable bonds is 11. The largest absolute Gasteiger partial charge is 0.316 e. The molecule has 1 N–H and O–H groups in total. The maximum Gasteiger partial charge on any atom is 0.00501 e. The third kappa shape index (κ3) is 7.15. The summed E-state index contributed by atoms with van der Waals surface area (Å²) in [6.07, 6.45) is 11.1. The Labute approximate surface area is 134 Å². The normalized spacial score (nSPS) is 26.4. The fraction of sp³-hybridized carbons (Fsp3) is 1.00. The topological polar surface area (TPSA) is 15.3 Å². The van der Waals surface area contributed by atoms with Crippen LogP contribution in [0, 0.1) is 11.3 Å². The molecule has 0 aromatic rings. The molecule has 0 atom stereocenters. The van der Waals surface area contributed by atoms with Crippen molar-refractivity contribution in [3.8, 4) is 0 Å². The highest BCUT2D eigenvalue weighted by molar-refractivity contribution is 4.89. The number of nitrogens with zero attached hydrogens (tertiary/aromatic N) is 1. The van der Waals surface area contributed by atoms with Crippen molar-refractivity contribution < 1.29 is 0 Å². The van der Waals surface area contributed by atoms with E-state index in [1.807, 2.05) is 0 Å². The highest BCUT2D eigenvalue weighted by atomic mass is 15.1. The van der Waals surface area contributed by atoms with Crippen LogP contribution in [0.15, 0.2) is 0 Å². The molecule has 0 aromatic carbocycles. The lowest BCUT2D eigenvalue weighted by atomic mass is 9.70. The molecule has 0 amide bonds. The zero-order valence-electron chi connectivity index (χ0n) is 15.2. The zero-order valence-corrected chi connectivity index (χ0v) is 15.2. The van der Waals surface area contributed by atoms with E-state index in [0.717, 1.165) is 12.5 Å². The van der Waals surface area contributed by atoms with Crippen molar-refractivity contribution in [3.63, 3.8) is 0 Å². The molecule has 0 aromatic heterocycles. The molecule has 1 aliphatic carbocycles. The Kier molecular flexibility index (Phi) is 9.59. The second-order valence-corrected chi connectivity index (χ2v) is 7.45. The Morgan fingerprint density at radius 1 is 1.00 bits per heavy atom. The van der Waals surface area contributed by atoms with Crippen LogP contribution in [0.5, 0.6) is 0 Å². The predicted molar refractivity (Wildman–Crippen MR) is 94.9 cm³/mol. The number of hydrogen-bond acceptors (Lipinski definition) is 2. The minimum atomic E-state index is 0.546. The molecule has 126 valence electrons. The van der Waals surface area contributed by atoms with Gasteiger partial charge in [-0.15, -0.1) is 0 Å². The van der Waals surface area contributed by atoms with Gasteiger partial charge in [-0.2, -0.15) is 0 Å². The van der Waals surface area contributed by atoms with E-state index in [9.17, 15) is 0 Å². The van der Waals surface area contributed by atoms with Crippen LogP contribution in [0.4, 0.5) is 0 Å². The predicted octanol–water partition coefficient (Wildman–Crippen LogP) is 4.69. The fourth-order valence-electron chi connectivity index (χ4n) is 3.66. The Hall–Kier alpha value is -0.0800. The van der Waals surface area contributed by atoms with Gasteiger partial charge in [-0.25, -0.2) is 0 Å². The van der Waals surface area contributed by atoms with Crippen molar-refractivity contribution in [1.82, 2.24) is 10.2 Å². The number of unbranched alkanes of at least 4 members (excludes halogenated alkanes) is 2. The SMILES string of the molecule is CCCCN(CCCC)CC1(CNCC)CCC(C)CC1. The monoisotopic (exact) mass is 296 g/mol. The van der Waals surface area contributed by atoms with Gasteiger partial charge in [0.15, 0.2) is 0 Å². The molecule has 0 heterocycles. The van der Waals surface area contributed by atoms with Crippen LogP contribution in [-0.4, -0.2) is 37.6 Å². The van der Waals surface area contributed by atoms with Gasteiger partial charge in [0.05, 0.1) is 0 Å². The number of nitrogens with one attached hydrogen (secondary N) is 1. The van der Waals surface area contributed by atoms with E-state index in [1.54, 1.807) is 0 Å². The van der Waals surface area contributed by atoms with Gasteiger partial charge in [-0.05, 0) is 56.7 Å². The van der Waals surface area contributed by atoms with E-state index >= 15 is 0 Å². The summed E-state index contributed by atoms with van der Waals surface area (Å²) < 4.78 is 0. The summed E-state index contributed by atoms with van der Waals surface area (Å²) in [6.45, 7) is 15.6.